The van der Waals surface area contributed by atoms with Crippen LogP contribution < -0.4 is 4.74 Å². The van der Waals surface area contributed by atoms with E-state index in [1.807, 2.05) is 24.3 Å². The summed E-state index contributed by atoms with van der Waals surface area (Å²) >= 11 is 0. The molecule has 36 heavy (non-hydrogen) atoms. The predicted octanol–water partition coefficient (Wildman–Crippen LogP) is 5.26. The summed E-state index contributed by atoms with van der Waals surface area (Å²) in [6.45, 7) is 2.81. The normalized spacial score (nSPS) is 19.3. The van der Waals surface area contributed by atoms with Crippen molar-refractivity contribution in [2.75, 3.05) is 26.7 Å². The standard InChI is InChI=1S/C28H35FN4O3/c1-36-23-6-8-27-25(17-23)24(11-13-30-27)26(29)7-4-21-12-16-33(19-22(21)5-9-28(34)35)15-2-3-20-10-14-31-32-18-20/h6,8,10-11,13-14,17-18,21-22,26H,2-5,7,9,12,15-16,19H2,1H3,(H,34,35)/t21?,22?,26-/m0/s1. The lowest BCUT2D eigenvalue weighted by atomic mass is 9.79. The molecule has 7 nitrogen and oxygen atoms in total. The van der Waals surface area contributed by atoms with E-state index in [2.05, 4.69) is 20.1 Å². The van der Waals surface area contributed by atoms with Crippen molar-refractivity contribution < 1.29 is 19.0 Å². The van der Waals surface area contributed by atoms with Crippen LogP contribution in [0, 0.1) is 11.8 Å². The van der Waals surface area contributed by atoms with Crippen LogP contribution in [-0.4, -0.2) is 57.9 Å². The van der Waals surface area contributed by atoms with Crippen LogP contribution in [0.3, 0.4) is 0 Å². The first-order valence-corrected chi connectivity index (χ1v) is 12.8. The van der Waals surface area contributed by atoms with Crippen molar-refractivity contribution in [3.05, 3.63) is 60.0 Å². The van der Waals surface area contributed by atoms with E-state index in [0.717, 1.165) is 56.2 Å². The first-order chi connectivity index (χ1) is 17.5. The van der Waals surface area contributed by atoms with E-state index in [9.17, 15) is 9.90 Å². The molecular weight excluding hydrogens is 459 g/mol. The molecule has 2 aromatic heterocycles. The Kier molecular flexibility index (Phi) is 9.17. The monoisotopic (exact) mass is 494 g/mol. The van der Waals surface area contributed by atoms with Gasteiger partial charge in [0, 0.05) is 30.7 Å². The molecule has 0 spiro atoms. The molecule has 3 aromatic rings. The minimum Gasteiger partial charge on any atom is -0.497 e. The number of nitrogens with zero attached hydrogens (tertiary/aromatic N) is 4. The van der Waals surface area contributed by atoms with Gasteiger partial charge in [-0.15, -0.1) is 0 Å². The smallest absolute Gasteiger partial charge is 0.303 e. The molecule has 0 aliphatic carbocycles. The average Bonchev–Trinajstić information content (AvgIpc) is 2.91. The van der Waals surface area contributed by atoms with Crippen molar-refractivity contribution >= 4 is 16.9 Å². The summed E-state index contributed by atoms with van der Waals surface area (Å²) in [6, 6.07) is 9.29. The Morgan fingerprint density at radius 3 is 2.86 bits per heavy atom. The summed E-state index contributed by atoms with van der Waals surface area (Å²) in [5.41, 5.74) is 2.58. The number of carbonyl (C=O) groups is 1. The van der Waals surface area contributed by atoms with Crippen LogP contribution in [0.5, 0.6) is 5.75 Å². The van der Waals surface area contributed by atoms with E-state index >= 15 is 4.39 Å². The van der Waals surface area contributed by atoms with Gasteiger partial charge in [0.05, 0.1) is 18.8 Å². The Bertz CT molecular complexity index is 1130. The number of piperidine rings is 1. The van der Waals surface area contributed by atoms with E-state index in [1.165, 1.54) is 5.56 Å². The van der Waals surface area contributed by atoms with Crippen molar-refractivity contribution in [1.29, 1.82) is 0 Å². The van der Waals surface area contributed by atoms with Crippen LogP contribution in [0.4, 0.5) is 4.39 Å². The highest BCUT2D eigenvalue weighted by Gasteiger charge is 2.30. The quantitative estimate of drug-likeness (QED) is 0.367. The second-order valence-electron chi connectivity index (χ2n) is 9.72. The van der Waals surface area contributed by atoms with Gasteiger partial charge in [0.2, 0.25) is 0 Å². The second-order valence-corrected chi connectivity index (χ2v) is 9.72. The van der Waals surface area contributed by atoms with Crippen molar-refractivity contribution in [3.63, 3.8) is 0 Å². The molecule has 0 saturated carbocycles. The number of aliphatic carboxylic acids is 1. The molecule has 192 valence electrons. The fourth-order valence-corrected chi connectivity index (χ4v) is 5.41. The van der Waals surface area contributed by atoms with E-state index in [0.29, 0.717) is 30.1 Å². The molecule has 0 radical (unpaired) electrons. The van der Waals surface area contributed by atoms with E-state index in [4.69, 9.17) is 4.74 Å². The van der Waals surface area contributed by atoms with Crippen LogP contribution in [0.25, 0.3) is 10.9 Å². The summed E-state index contributed by atoms with van der Waals surface area (Å²) < 4.78 is 20.8. The molecule has 4 rings (SSSR count). The number of aryl methyl sites for hydroxylation is 1. The molecule has 2 unspecified atom stereocenters. The molecule has 0 amide bonds. The fraction of sp³-hybridized carbons (Fsp3) is 0.500. The Balaban J connectivity index is 1.35. The second kappa shape index (κ2) is 12.7. The number of hydrogen-bond acceptors (Lipinski definition) is 6. The Morgan fingerprint density at radius 2 is 2.08 bits per heavy atom. The zero-order valence-corrected chi connectivity index (χ0v) is 20.9. The molecule has 1 fully saturated rings. The summed E-state index contributed by atoms with van der Waals surface area (Å²) in [5.74, 6) is 0.506. The molecule has 0 bridgehead atoms. The lowest BCUT2D eigenvalue weighted by molar-refractivity contribution is -0.137. The minimum absolute atomic E-state index is 0.158. The van der Waals surface area contributed by atoms with Gasteiger partial charge in [0.15, 0.2) is 0 Å². The summed E-state index contributed by atoms with van der Waals surface area (Å²) in [6.07, 6.45) is 8.97. The number of aromatic nitrogens is 3. The van der Waals surface area contributed by atoms with Gasteiger partial charge in [-0.05, 0) is 105 Å². The Morgan fingerprint density at radius 1 is 1.19 bits per heavy atom. The zero-order valence-electron chi connectivity index (χ0n) is 20.9. The number of methoxy groups -OCH3 is 1. The number of rotatable bonds is 12. The number of carboxylic acids is 1. The van der Waals surface area contributed by atoms with Crippen LogP contribution >= 0.6 is 0 Å². The largest absolute Gasteiger partial charge is 0.497 e. The number of hydrogen-bond donors (Lipinski definition) is 1. The average molecular weight is 495 g/mol. The highest BCUT2D eigenvalue weighted by atomic mass is 19.1. The highest BCUT2D eigenvalue weighted by molar-refractivity contribution is 5.83. The third kappa shape index (κ3) is 6.97. The Hall–Kier alpha value is -3.13. The lowest BCUT2D eigenvalue weighted by Gasteiger charge is -2.39. The number of halogens is 1. The number of ether oxygens (including phenoxy) is 1. The van der Waals surface area contributed by atoms with Gasteiger partial charge >= 0.3 is 5.97 Å². The van der Waals surface area contributed by atoms with Gasteiger partial charge in [0.1, 0.15) is 11.9 Å². The maximum atomic E-state index is 15.5. The van der Waals surface area contributed by atoms with Gasteiger partial charge in [-0.1, -0.05) is 0 Å². The molecular formula is C28H35FN4O3. The first kappa shape index (κ1) is 25.9. The number of carboxylic acid groups (broad SMARTS) is 1. The number of benzene rings is 1. The topological polar surface area (TPSA) is 88.4 Å². The predicted molar refractivity (Wildman–Crippen MR) is 137 cm³/mol. The zero-order chi connectivity index (χ0) is 25.3. The third-order valence-corrected chi connectivity index (χ3v) is 7.40. The van der Waals surface area contributed by atoms with Crippen LogP contribution in [0.15, 0.2) is 48.9 Å². The number of alkyl halides is 1. The molecule has 1 aromatic carbocycles. The molecule has 3 atom stereocenters. The summed E-state index contributed by atoms with van der Waals surface area (Å²) in [5, 5.41) is 17.8. The van der Waals surface area contributed by atoms with Crippen LogP contribution in [0.2, 0.25) is 0 Å². The van der Waals surface area contributed by atoms with Crippen molar-refractivity contribution in [1.82, 2.24) is 20.1 Å². The van der Waals surface area contributed by atoms with Gasteiger partial charge in [-0.2, -0.15) is 10.2 Å². The maximum Gasteiger partial charge on any atom is 0.303 e. The molecule has 1 aliphatic heterocycles. The summed E-state index contributed by atoms with van der Waals surface area (Å²) in [4.78, 5) is 18.1. The van der Waals surface area contributed by atoms with E-state index in [-0.39, 0.29) is 12.3 Å². The lowest BCUT2D eigenvalue weighted by Crippen LogP contribution is -2.41. The molecule has 1 N–H and O–H groups in total. The van der Waals surface area contributed by atoms with Crippen molar-refractivity contribution in [2.24, 2.45) is 11.8 Å². The number of fused-ring (bicyclic) bond motifs is 1. The van der Waals surface area contributed by atoms with Crippen LogP contribution in [0.1, 0.15) is 55.8 Å². The minimum atomic E-state index is -1.10. The van der Waals surface area contributed by atoms with Gasteiger partial charge in [0.25, 0.3) is 0 Å². The van der Waals surface area contributed by atoms with Gasteiger partial charge < -0.3 is 14.7 Å². The molecule has 1 aliphatic rings. The van der Waals surface area contributed by atoms with Crippen molar-refractivity contribution in [3.8, 4) is 5.75 Å². The van der Waals surface area contributed by atoms with Crippen molar-refractivity contribution in [2.45, 2.75) is 51.1 Å². The Labute approximate surface area is 211 Å². The maximum absolute atomic E-state index is 15.5. The number of pyridine rings is 1. The molecule has 1 saturated heterocycles. The van der Waals surface area contributed by atoms with Gasteiger partial charge in [-0.3, -0.25) is 9.78 Å². The fourth-order valence-electron chi connectivity index (χ4n) is 5.41. The number of likely N-dealkylation sites (tertiary alicyclic amines) is 1. The van der Waals surface area contributed by atoms with E-state index < -0.39 is 12.1 Å². The third-order valence-electron chi connectivity index (χ3n) is 7.40. The SMILES string of the molecule is COc1ccc2nccc([C@@H](F)CCC3CCN(CCCc4ccnnc4)CC3CCC(=O)O)c2c1. The molecule has 8 heteroatoms. The van der Waals surface area contributed by atoms with Crippen LogP contribution in [-0.2, 0) is 11.2 Å². The molecule has 3 heterocycles. The highest BCUT2D eigenvalue weighted by Crippen LogP contribution is 2.36. The first-order valence-electron chi connectivity index (χ1n) is 12.8. The summed E-state index contributed by atoms with van der Waals surface area (Å²) in [7, 11) is 1.60. The van der Waals surface area contributed by atoms with E-state index in [1.54, 1.807) is 31.8 Å². The van der Waals surface area contributed by atoms with Gasteiger partial charge in [-0.25, -0.2) is 4.39 Å².